The Balaban J connectivity index is 1.39. The molecule has 0 amide bonds. The lowest BCUT2D eigenvalue weighted by Crippen LogP contribution is -2.28. The molecule has 0 spiro atoms. The summed E-state index contributed by atoms with van der Waals surface area (Å²) in [6.45, 7) is 0. The van der Waals surface area contributed by atoms with Crippen molar-refractivity contribution in [2.75, 3.05) is 5.01 Å². The van der Waals surface area contributed by atoms with E-state index in [2.05, 4.69) is 18.2 Å². The van der Waals surface area contributed by atoms with Gasteiger partial charge in [-0.15, -0.1) is 11.3 Å². The van der Waals surface area contributed by atoms with Gasteiger partial charge in [0.2, 0.25) is 5.13 Å². The van der Waals surface area contributed by atoms with Crippen molar-refractivity contribution in [2.45, 2.75) is 25.3 Å². The van der Waals surface area contributed by atoms with Crippen LogP contribution in [0.25, 0.3) is 17.3 Å². The van der Waals surface area contributed by atoms with Gasteiger partial charge >= 0.3 is 0 Å². The highest BCUT2D eigenvalue weighted by Crippen LogP contribution is 2.47. The van der Waals surface area contributed by atoms with Crippen molar-refractivity contribution >= 4 is 57.1 Å². The molecule has 2 aliphatic rings. The first-order valence-corrected chi connectivity index (χ1v) is 13.9. The molecule has 3 aromatic carbocycles. The van der Waals surface area contributed by atoms with Gasteiger partial charge in [0.15, 0.2) is 0 Å². The number of aromatic nitrogens is 1. The molecule has 0 unspecified atom stereocenters. The average Bonchev–Trinajstić information content (AvgIpc) is 3.57. The number of halogens is 2. The zero-order chi connectivity index (χ0) is 26.2. The lowest BCUT2D eigenvalue weighted by atomic mass is 9.77. The van der Waals surface area contributed by atoms with E-state index in [0.717, 1.165) is 52.5 Å². The van der Waals surface area contributed by atoms with Crippen LogP contribution in [0.15, 0.2) is 88.9 Å². The van der Waals surface area contributed by atoms with Gasteiger partial charge in [0.05, 0.1) is 22.4 Å². The van der Waals surface area contributed by atoms with Crippen molar-refractivity contribution in [3.8, 4) is 11.3 Å². The van der Waals surface area contributed by atoms with Crippen LogP contribution in [0, 0.1) is 16.0 Å². The molecule has 9 heteroatoms. The fourth-order valence-corrected chi connectivity index (χ4v) is 6.24. The van der Waals surface area contributed by atoms with Gasteiger partial charge < -0.3 is 0 Å². The van der Waals surface area contributed by atoms with Crippen LogP contribution >= 0.6 is 34.5 Å². The molecular formula is C29H22Cl2N4O2S. The number of rotatable bonds is 5. The van der Waals surface area contributed by atoms with Gasteiger partial charge in [-0.3, -0.25) is 10.1 Å². The molecule has 0 radical (unpaired) electrons. The predicted molar refractivity (Wildman–Crippen MR) is 155 cm³/mol. The van der Waals surface area contributed by atoms with Gasteiger partial charge in [-0.05, 0) is 78.4 Å². The molecule has 6 rings (SSSR count). The number of allylic oxidation sites excluding steroid dienone is 1. The predicted octanol–water partition coefficient (Wildman–Crippen LogP) is 8.83. The highest BCUT2D eigenvalue weighted by molar-refractivity contribution is 7.14. The summed E-state index contributed by atoms with van der Waals surface area (Å²) < 4.78 is 0. The molecule has 0 bridgehead atoms. The van der Waals surface area contributed by atoms with Crippen molar-refractivity contribution in [2.24, 2.45) is 11.0 Å². The molecule has 6 nitrogen and oxygen atoms in total. The molecule has 1 aliphatic carbocycles. The van der Waals surface area contributed by atoms with Crippen molar-refractivity contribution in [3.63, 3.8) is 0 Å². The van der Waals surface area contributed by atoms with Gasteiger partial charge in [-0.2, -0.15) is 5.10 Å². The molecule has 38 heavy (non-hydrogen) atoms. The van der Waals surface area contributed by atoms with E-state index in [1.165, 1.54) is 29.0 Å². The fourth-order valence-electron chi connectivity index (χ4n) is 5.17. The molecule has 2 atom stereocenters. The van der Waals surface area contributed by atoms with Crippen LogP contribution in [0.1, 0.15) is 36.4 Å². The minimum atomic E-state index is -0.399. The SMILES string of the molecule is O=[N+]([O-])c1ccc(-c2csc(N3N=C4/C(=C\c5ccc(Cl)cc5)CCC[C@@H]4[C@H]3c3ccc(Cl)cc3)n2)cc1. The third kappa shape index (κ3) is 4.85. The van der Waals surface area contributed by atoms with Crippen LogP contribution in [-0.4, -0.2) is 15.6 Å². The summed E-state index contributed by atoms with van der Waals surface area (Å²) in [4.78, 5) is 15.6. The monoisotopic (exact) mass is 560 g/mol. The van der Waals surface area contributed by atoms with Gasteiger partial charge in [-0.1, -0.05) is 47.5 Å². The summed E-state index contributed by atoms with van der Waals surface area (Å²) in [5.74, 6) is 0.218. The second-order valence-electron chi connectivity index (χ2n) is 9.37. The number of nitro groups is 1. The van der Waals surface area contributed by atoms with E-state index in [1.807, 2.05) is 46.8 Å². The number of nitro benzene ring substituents is 1. The van der Waals surface area contributed by atoms with Gasteiger partial charge in [0, 0.05) is 39.0 Å². The number of fused-ring (bicyclic) bond motifs is 1. The molecular weight excluding hydrogens is 539 g/mol. The van der Waals surface area contributed by atoms with Crippen molar-refractivity contribution in [1.82, 2.24) is 4.98 Å². The summed E-state index contributed by atoms with van der Waals surface area (Å²) in [5.41, 5.74) is 6.22. The molecule has 2 heterocycles. The second-order valence-corrected chi connectivity index (χ2v) is 11.1. The molecule has 1 fully saturated rings. The summed E-state index contributed by atoms with van der Waals surface area (Å²) in [7, 11) is 0. The van der Waals surface area contributed by atoms with Crippen molar-refractivity contribution < 1.29 is 4.92 Å². The third-order valence-electron chi connectivity index (χ3n) is 6.99. The Morgan fingerprint density at radius 3 is 2.34 bits per heavy atom. The lowest BCUT2D eigenvalue weighted by molar-refractivity contribution is -0.384. The normalized spacial score (nSPS) is 19.9. The highest BCUT2D eigenvalue weighted by atomic mass is 35.5. The van der Waals surface area contributed by atoms with Crippen LogP contribution in [0.5, 0.6) is 0 Å². The standard InChI is InChI=1S/C29H22Cl2N4O2S/c30-22-10-4-18(5-11-22)16-21-2-1-3-25-27(21)33-34(28(25)20-6-12-23(31)13-7-20)29-32-26(17-38-29)19-8-14-24(15-9-19)35(36)37/h4-17,25,28H,1-3H2/b21-16-/t25-,28+/m0/s1. The number of hydrogen-bond donors (Lipinski definition) is 0. The quantitative estimate of drug-likeness (QED) is 0.180. The number of nitrogens with zero attached hydrogens (tertiary/aromatic N) is 4. The van der Waals surface area contributed by atoms with Crippen molar-refractivity contribution in [3.05, 3.63) is 115 Å². The maximum Gasteiger partial charge on any atom is 0.269 e. The molecule has 0 saturated heterocycles. The first kappa shape index (κ1) is 24.8. The van der Waals surface area contributed by atoms with E-state index in [0.29, 0.717) is 10.0 Å². The average molecular weight is 561 g/mol. The summed E-state index contributed by atoms with van der Waals surface area (Å²) in [6.07, 6.45) is 5.28. The van der Waals surface area contributed by atoms with Gasteiger partial charge in [0.1, 0.15) is 0 Å². The molecule has 1 saturated carbocycles. The Bertz CT molecular complexity index is 1550. The third-order valence-corrected chi connectivity index (χ3v) is 8.32. The van der Waals surface area contributed by atoms with Crippen molar-refractivity contribution in [1.29, 1.82) is 0 Å². The minimum Gasteiger partial charge on any atom is -0.258 e. The molecule has 1 aliphatic heterocycles. The van der Waals surface area contributed by atoms with Crippen LogP contribution < -0.4 is 5.01 Å². The van der Waals surface area contributed by atoms with E-state index >= 15 is 0 Å². The molecule has 190 valence electrons. The Labute approximate surface area is 234 Å². The topological polar surface area (TPSA) is 71.6 Å². The number of benzene rings is 3. The van der Waals surface area contributed by atoms with Gasteiger partial charge in [-0.25, -0.2) is 9.99 Å². The lowest BCUT2D eigenvalue weighted by Gasteiger charge is -2.29. The van der Waals surface area contributed by atoms with Crippen LogP contribution in [0.3, 0.4) is 0 Å². The highest BCUT2D eigenvalue weighted by Gasteiger charge is 2.42. The van der Waals surface area contributed by atoms with Gasteiger partial charge in [0.25, 0.3) is 5.69 Å². The number of hydrogen-bond acceptors (Lipinski definition) is 6. The summed E-state index contributed by atoms with van der Waals surface area (Å²) in [6, 6.07) is 22.3. The second kappa shape index (κ2) is 10.3. The maximum atomic E-state index is 11.1. The largest absolute Gasteiger partial charge is 0.269 e. The van der Waals surface area contributed by atoms with E-state index in [1.54, 1.807) is 12.1 Å². The van der Waals surface area contributed by atoms with E-state index in [-0.39, 0.29) is 17.6 Å². The Hall–Kier alpha value is -3.52. The van der Waals surface area contributed by atoms with Crippen LogP contribution in [0.2, 0.25) is 10.0 Å². The Kier molecular flexibility index (Phi) is 6.74. The molecule has 0 N–H and O–H groups in total. The summed E-state index contributed by atoms with van der Waals surface area (Å²) >= 11 is 13.8. The smallest absolute Gasteiger partial charge is 0.258 e. The number of thiazole rings is 1. The number of hydrazone groups is 1. The van der Waals surface area contributed by atoms with E-state index < -0.39 is 4.92 Å². The van der Waals surface area contributed by atoms with Crippen LogP contribution in [-0.2, 0) is 0 Å². The Morgan fingerprint density at radius 1 is 0.974 bits per heavy atom. The minimum absolute atomic E-state index is 0.00737. The van der Waals surface area contributed by atoms with E-state index in [9.17, 15) is 10.1 Å². The summed E-state index contributed by atoms with van der Waals surface area (Å²) in [5, 5.41) is 22.4. The van der Waals surface area contributed by atoms with E-state index in [4.69, 9.17) is 33.3 Å². The zero-order valence-electron chi connectivity index (χ0n) is 20.1. The first-order valence-electron chi connectivity index (χ1n) is 12.3. The molecule has 1 aromatic heterocycles. The zero-order valence-corrected chi connectivity index (χ0v) is 22.5. The van der Waals surface area contributed by atoms with Crippen LogP contribution in [0.4, 0.5) is 10.8 Å². The fraction of sp³-hybridized carbons (Fsp3) is 0.172. The number of anilines is 1. The molecule has 4 aromatic rings. The Morgan fingerprint density at radius 2 is 1.66 bits per heavy atom. The maximum absolute atomic E-state index is 11.1. The number of non-ortho nitro benzene ring substituents is 1. The first-order chi connectivity index (χ1) is 18.5.